The Morgan fingerprint density at radius 1 is 1.37 bits per heavy atom. The lowest BCUT2D eigenvalue weighted by Gasteiger charge is -2.23. The fraction of sp³-hybridized carbons (Fsp3) is 0.714. The molecular formula is C14H26N4O. The largest absolute Gasteiger partial charge is 0.478 e. The molecule has 0 saturated carbocycles. The number of likely N-dealkylation sites (N-methyl/N-ethyl adjacent to an activating group) is 1. The van der Waals surface area contributed by atoms with Crippen molar-refractivity contribution in [2.45, 2.75) is 40.2 Å². The Balaban J connectivity index is 2.48. The quantitative estimate of drug-likeness (QED) is 0.782. The fourth-order valence-corrected chi connectivity index (χ4v) is 1.72. The molecule has 0 saturated heterocycles. The monoisotopic (exact) mass is 266 g/mol. The van der Waals surface area contributed by atoms with E-state index in [1.54, 1.807) is 0 Å². The predicted molar refractivity (Wildman–Crippen MR) is 78.8 cm³/mol. The molecule has 1 aromatic heterocycles. The molecule has 0 aliphatic rings. The third-order valence-corrected chi connectivity index (χ3v) is 3.21. The van der Waals surface area contributed by atoms with E-state index in [0.717, 1.165) is 25.2 Å². The number of ether oxygens (including phenoxy) is 1. The van der Waals surface area contributed by atoms with Gasteiger partial charge < -0.3 is 15.0 Å². The van der Waals surface area contributed by atoms with Crippen LogP contribution in [0, 0.1) is 6.92 Å². The summed E-state index contributed by atoms with van der Waals surface area (Å²) in [6, 6.07) is 2.44. The van der Waals surface area contributed by atoms with E-state index in [1.807, 2.05) is 19.9 Å². The molecule has 0 radical (unpaired) electrons. The molecule has 0 spiro atoms. The van der Waals surface area contributed by atoms with Gasteiger partial charge in [0.2, 0.25) is 11.8 Å². The minimum Gasteiger partial charge on any atom is -0.478 e. The van der Waals surface area contributed by atoms with Gasteiger partial charge in [-0.2, -0.15) is 4.98 Å². The van der Waals surface area contributed by atoms with Gasteiger partial charge in [0.25, 0.3) is 0 Å². The van der Waals surface area contributed by atoms with Crippen molar-refractivity contribution in [1.29, 1.82) is 0 Å². The van der Waals surface area contributed by atoms with E-state index in [4.69, 9.17) is 4.74 Å². The second kappa shape index (κ2) is 7.94. The Bertz CT molecular complexity index is 384. The van der Waals surface area contributed by atoms with Crippen molar-refractivity contribution in [2.24, 2.45) is 0 Å². The standard InChI is InChI=1S/C14H26N4O/c1-6-12(4)18(5)9-8-15-14-16-11(3)10-13(17-14)19-7-2/h10,12H,6-9H2,1-5H3,(H,15,16,17). The highest BCUT2D eigenvalue weighted by molar-refractivity contribution is 5.30. The van der Waals surface area contributed by atoms with Gasteiger partial charge in [-0.3, -0.25) is 0 Å². The summed E-state index contributed by atoms with van der Waals surface area (Å²) < 4.78 is 5.41. The van der Waals surface area contributed by atoms with Crippen LogP contribution in [0.5, 0.6) is 5.88 Å². The molecule has 1 atom stereocenters. The summed E-state index contributed by atoms with van der Waals surface area (Å²) in [5.74, 6) is 1.27. The molecule has 1 unspecified atom stereocenters. The number of hydrogen-bond acceptors (Lipinski definition) is 5. The van der Waals surface area contributed by atoms with Crippen molar-refractivity contribution in [3.05, 3.63) is 11.8 Å². The van der Waals surface area contributed by atoms with Gasteiger partial charge in [-0.1, -0.05) is 6.92 Å². The van der Waals surface area contributed by atoms with Crippen LogP contribution >= 0.6 is 0 Å². The average molecular weight is 266 g/mol. The summed E-state index contributed by atoms with van der Waals surface area (Å²) in [7, 11) is 2.14. The summed E-state index contributed by atoms with van der Waals surface area (Å²) in [6.07, 6.45) is 1.16. The van der Waals surface area contributed by atoms with Crippen LogP contribution in [0.4, 0.5) is 5.95 Å². The molecule has 1 rings (SSSR count). The van der Waals surface area contributed by atoms with Gasteiger partial charge >= 0.3 is 0 Å². The maximum Gasteiger partial charge on any atom is 0.226 e. The Hall–Kier alpha value is -1.36. The number of anilines is 1. The van der Waals surface area contributed by atoms with Gasteiger partial charge in [-0.05, 0) is 34.2 Å². The van der Waals surface area contributed by atoms with Gasteiger partial charge in [-0.25, -0.2) is 4.98 Å². The first-order chi connectivity index (χ1) is 9.06. The van der Waals surface area contributed by atoms with Gasteiger partial charge in [0.1, 0.15) is 0 Å². The lowest BCUT2D eigenvalue weighted by atomic mass is 10.2. The molecule has 1 heterocycles. The number of rotatable bonds is 8. The fourth-order valence-electron chi connectivity index (χ4n) is 1.72. The van der Waals surface area contributed by atoms with Gasteiger partial charge in [-0.15, -0.1) is 0 Å². The van der Waals surface area contributed by atoms with Crippen molar-refractivity contribution in [2.75, 3.05) is 32.1 Å². The van der Waals surface area contributed by atoms with Crippen molar-refractivity contribution in [3.63, 3.8) is 0 Å². The topological polar surface area (TPSA) is 50.3 Å². The van der Waals surface area contributed by atoms with Crippen LogP contribution in [0.2, 0.25) is 0 Å². The normalized spacial score (nSPS) is 12.5. The lowest BCUT2D eigenvalue weighted by molar-refractivity contribution is 0.261. The van der Waals surface area contributed by atoms with E-state index in [1.165, 1.54) is 0 Å². The minimum absolute atomic E-state index is 0.596. The van der Waals surface area contributed by atoms with E-state index < -0.39 is 0 Å². The molecule has 0 aliphatic carbocycles. The van der Waals surface area contributed by atoms with E-state index in [0.29, 0.717) is 24.5 Å². The summed E-state index contributed by atoms with van der Waals surface area (Å²) in [5, 5.41) is 3.25. The van der Waals surface area contributed by atoms with Crippen LogP contribution in [0.3, 0.4) is 0 Å². The first-order valence-electron chi connectivity index (χ1n) is 6.99. The van der Waals surface area contributed by atoms with Crippen LogP contribution in [0.25, 0.3) is 0 Å². The molecule has 0 aromatic carbocycles. The van der Waals surface area contributed by atoms with Gasteiger partial charge in [0.05, 0.1) is 6.61 Å². The highest BCUT2D eigenvalue weighted by atomic mass is 16.5. The molecule has 1 N–H and O–H groups in total. The molecular weight excluding hydrogens is 240 g/mol. The number of nitrogens with zero attached hydrogens (tertiary/aromatic N) is 3. The predicted octanol–water partition coefficient (Wildman–Crippen LogP) is 2.33. The summed E-state index contributed by atoms with van der Waals surface area (Å²) in [6.45, 7) is 10.7. The summed E-state index contributed by atoms with van der Waals surface area (Å²) in [5.41, 5.74) is 0.913. The molecule has 19 heavy (non-hydrogen) atoms. The van der Waals surface area contributed by atoms with Crippen molar-refractivity contribution >= 4 is 5.95 Å². The van der Waals surface area contributed by atoms with Gasteiger partial charge in [0.15, 0.2) is 0 Å². The third-order valence-electron chi connectivity index (χ3n) is 3.21. The number of aromatic nitrogens is 2. The van der Waals surface area contributed by atoms with E-state index >= 15 is 0 Å². The molecule has 1 aromatic rings. The Morgan fingerprint density at radius 3 is 2.74 bits per heavy atom. The van der Waals surface area contributed by atoms with Gasteiger partial charge in [0, 0.05) is 30.9 Å². The zero-order valence-corrected chi connectivity index (χ0v) is 12.7. The Labute approximate surface area is 116 Å². The molecule has 5 heteroatoms. The molecule has 0 fully saturated rings. The number of aryl methyl sites for hydroxylation is 1. The average Bonchev–Trinajstić information content (AvgIpc) is 2.37. The summed E-state index contributed by atoms with van der Waals surface area (Å²) >= 11 is 0. The van der Waals surface area contributed by atoms with E-state index in [2.05, 4.69) is 41.1 Å². The zero-order chi connectivity index (χ0) is 14.3. The van der Waals surface area contributed by atoms with E-state index in [9.17, 15) is 0 Å². The summed E-state index contributed by atoms with van der Waals surface area (Å²) in [4.78, 5) is 11.0. The van der Waals surface area contributed by atoms with Crippen LogP contribution < -0.4 is 10.1 Å². The molecule has 108 valence electrons. The smallest absolute Gasteiger partial charge is 0.226 e. The minimum atomic E-state index is 0.596. The molecule has 0 bridgehead atoms. The van der Waals surface area contributed by atoms with Crippen LogP contribution in [-0.4, -0.2) is 47.7 Å². The second-order valence-electron chi connectivity index (χ2n) is 4.77. The molecule has 5 nitrogen and oxygen atoms in total. The zero-order valence-electron chi connectivity index (χ0n) is 12.7. The maximum atomic E-state index is 5.41. The highest BCUT2D eigenvalue weighted by Gasteiger charge is 2.07. The maximum absolute atomic E-state index is 5.41. The Kier molecular flexibility index (Phi) is 6.56. The molecule has 0 amide bonds. The first kappa shape index (κ1) is 15.7. The second-order valence-corrected chi connectivity index (χ2v) is 4.77. The first-order valence-corrected chi connectivity index (χ1v) is 6.99. The van der Waals surface area contributed by atoms with Crippen LogP contribution in [-0.2, 0) is 0 Å². The van der Waals surface area contributed by atoms with Crippen molar-refractivity contribution in [1.82, 2.24) is 14.9 Å². The highest BCUT2D eigenvalue weighted by Crippen LogP contribution is 2.11. The lowest BCUT2D eigenvalue weighted by Crippen LogP contribution is -2.32. The third kappa shape index (κ3) is 5.42. The molecule has 0 aliphatic heterocycles. The van der Waals surface area contributed by atoms with E-state index in [-0.39, 0.29) is 0 Å². The van der Waals surface area contributed by atoms with Crippen LogP contribution in [0.15, 0.2) is 6.07 Å². The van der Waals surface area contributed by atoms with Crippen molar-refractivity contribution in [3.8, 4) is 5.88 Å². The SMILES string of the molecule is CCOc1cc(C)nc(NCCN(C)C(C)CC)n1. The number of hydrogen-bond donors (Lipinski definition) is 1. The Morgan fingerprint density at radius 2 is 2.11 bits per heavy atom. The van der Waals surface area contributed by atoms with Crippen molar-refractivity contribution < 1.29 is 4.74 Å². The van der Waals surface area contributed by atoms with Crippen LogP contribution in [0.1, 0.15) is 32.9 Å². The number of nitrogens with one attached hydrogen (secondary N) is 1.